The van der Waals surface area contributed by atoms with Crippen molar-refractivity contribution in [2.24, 2.45) is 0 Å². The number of carboxylic acids is 1. The second-order valence-corrected chi connectivity index (χ2v) is 6.59. The third-order valence-electron chi connectivity index (χ3n) is 4.05. The van der Waals surface area contributed by atoms with Crippen molar-refractivity contribution in [1.29, 1.82) is 0 Å². The fourth-order valence-corrected chi connectivity index (χ4v) is 3.52. The van der Waals surface area contributed by atoms with Crippen molar-refractivity contribution >= 4 is 23.2 Å². The van der Waals surface area contributed by atoms with E-state index in [1.54, 1.807) is 0 Å². The van der Waals surface area contributed by atoms with Crippen molar-refractivity contribution in [3.05, 3.63) is 41.4 Å². The minimum absolute atomic E-state index is 0.0687. The summed E-state index contributed by atoms with van der Waals surface area (Å²) in [5.74, 6) is -1.34. The van der Waals surface area contributed by atoms with E-state index in [9.17, 15) is 14.7 Å². The Hall–Kier alpha value is -2.25. The summed E-state index contributed by atoms with van der Waals surface area (Å²) in [5, 5.41) is 14.8. The Morgan fingerprint density at radius 3 is 2.62 bits per heavy atom. The molecule has 6 nitrogen and oxygen atoms in total. The highest BCUT2D eigenvalue weighted by Gasteiger charge is 2.41. The van der Waals surface area contributed by atoms with Crippen LogP contribution >= 0.6 is 11.3 Å². The fourth-order valence-electron chi connectivity index (χ4n) is 2.69. The molecule has 1 aromatic carbocycles. The molecule has 0 aliphatic carbocycles. The quantitative estimate of drug-likeness (QED) is 0.865. The Labute approximate surface area is 143 Å². The van der Waals surface area contributed by atoms with Gasteiger partial charge in [-0.3, -0.25) is 4.79 Å². The van der Waals surface area contributed by atoms with E-state index < -0.39 is 11.5 Å². The van der Waals surface area contributed by atoms with E-state index in [1.165, 1.54) is 11.3 Å². The molecule has 1 aliphatic rings. The average molecular weight is 346 g/mol. The zero-order chi connectivity index (χ0) is 17.0. The van der Waals surface area contributed by atoms with Crippen molar-refractivity contribution in [3.63, 3.8) is 0 Å². The van der Waals surface area contributed by atoms with Crippen LogP contribution in [0.15, 0.2) is 35.7 Å². The van der Waals surface area contributed by atoms with Gasteiger partial charge in [-0.15, -0.1) is 11.3 Å². The normalized spacial score (nSPS) is 16.5. The molecule has 7 heteroatoms. The summed E-state index contributed by atoms with van der Waals surface area (Å²) >= 11 is 1.47. The van der Waals surface area contributed by atoms with Crippen LogP contribution in [0.4, 0.5) is 0 Å². The highest BCUT2D eigenvalue weighted by molar-refractivity contribution is 7.13. The SMILES string of the molecule is O=C(Cc1csc(-c2ccccc2)n1)NC1(C(=O)O)CCOCC1. The number of ether oxygens (including phenoxy) is 1. The zero-order valence-corrected chi connectivity index (χ0v) is 13.8. The molecule has 3 rings (SSSR count). The van der Waals surface area contributed by atoms with Crippen LogP contribution in [-0.4, -0.2) is 40.7 Å². The van der Waals surface area contributed by atoms with Crippen molar-refractivity contribution < 1.29 is 19.4 Å². The predicted molar refractivity (Wildman–Crippen MR) is 89.8 cm³/mol. The van der Waals surface area contributed by atoms with Crippen molar-refractivity contribution in [3.8, 4) is 10.6 Å². The highest BCUT2D eigenvalue weighted by atomic mass is 32.1. The van der Waals surface area contributed by atoms with E-state index in [-0.39, 0.29) is 25.2 Å². The number of nitrogens with one attached hydrogen (secondary N) is 1. The van der Waals surface area contributed by atoms with Crippen molar-refractivity contribution in [2.75, 3.05) is 13.2 Å². The number of hydrogen-bond acceptors (Lipinski definition) is 5. The molecule has 1 aromatic heterocycles. The van der Waals surface area contributed by atoms with Crippen LogP contribution in [0.5, 0.6) is 0 Å². The summed E-state index contributed by atoms with van der Waals surface area (Å²) in [6.07, 6.45) is 0.625. The number of rotatable bonds is 5. The molecular weight excluding hydrogens is 328 g/mol. The molecular formula is C17H18N2O4S. The van der Waals surface area contributed by atoms with E-state index in [1.807, 2.05) is 35.7 Å². The molecule has 0 bridgehead atoms. The third kappa shape index (κ3) is 3.63. The Kier molecular flexibility index (Phi) is 4.92. The number of carboxylic acid groups (broad SMARTS) is 1. The summed E-state index contributed by atoms with van der Waals surface area (Å²) in [4.78, 5) is 28.3. The van der Waals surface area contributed by atoms with Crippen LogP contribution in [0.25, 0.3) is 10.6 Å². The number of thiazole rings is 1. The average Bonchev–Trinajstić information content (AvgIpc) is 3.04. The minimum Gasteiger partial charge on any atom is -0.480 e. The van der Waals surface area contributed by atoms with Gasteiger partial charge in [0.15, 0.2) is 0 Å². The second kappa shape index (κ2) is 7.11. The van der Waals surface area contributed by atoms with Crippen molar-refractivity contribution in [1.82, 2.24) is 10.3 Å². The lowest BCUT2D eigenvalue weighted by molar-refractivity contribution is -0.152. The largest absolute Gasteiger partial charge is 0.480 e. The first-order valence-electron chi connectivity index (χ1n) is 7.71. The highest BCUT2D eigenvalue weighted by Crippen LogP contribution is 2.24. The summed E-state index contributed by atoms with van der Waals surface area (Å²) in [6.45, 7) is 0.670. The van der Waals surface area contributed by atoms with Gasteiger partial charge in [-0.05, 0) is 0 Å². The maximum absolute atomic E-state index is 12.3. The molecule has 2 heterocycles. The summed E-state index contributed by atoms with van der Waals surface area (Å²) < 4.78 is 5.20. The molecule has 0 atom stereocenters. The first kappa shape index (κ1) is 16.6. The molecule has 0 spiro atoms. The smallest absolute Gasteiger partial charge is 0.329 e. The fraction of sp³-hybridized carbons (Fsp3) is 0.353. The molecule has 0 radical (unpaired) electrons. The Morgan fingerprint density at radius 1 is 1.25 bits per heavy atom. The van der Waals surface area contributed by atoms with Gasteiger partial charge in [0.2, 0.25) is 5.91 Å². The third-order valence-corrected chi connectivity index (χ3v) is 4.99. The first-order valence-corrected chi connectivity index (χ1v) is 8.59. The van der Waals surface area contributed by atoms with Gasteiger partial charge in [0.25, 0.3) is 0 Å². The summed E-state index contributed by atoms with van der Waals surface area (Å²) in [7, 11) is 0. The molecule has 1 saturated heterocycles. The van der Waals surface area contributed by atoms with Crippen LogP contribution in [0, 0.1) is 0 Å². The van der Waals surface area contributed by atoms with Crippen LogP contribution in [0.1, 0.15) is 18.5 Å². The van der Waals surface area contributed by atoms with Crippen LogP contribution < -0.4 is 5.32 Å². The topological polar surface area (TPSA) is 88.5 Å². The van der Waals surface area contributed by atoms with E-state index in [4.69, 9.17) is 4.74 Å². The Balaban J connectivity index is 1.67. The number of carbonyl (C=O) groups excluding carboxylic acids is 1. The van der Waals surface area contributed by atoms with E-state index in [0.717, 1.165) is 10.6 Å². The molecule has 0 saturated carbocycles. The molecule has 2 aromatic rings. The standard InChI is InChI=1S/C17H18N2O4S/c20-14(19-17(16(21)22)6-8-23-9-7-17)10-13-11-24-15(18-13)12-4-2-1-3-5-12/h1-5,11H,6-10H2,(H,19,20)(H,21,22). The lowest BCUT2D eigenvalue weighted by atomic mass is 9.90. The number of nitrogens with zero attached hydrogens (tertiary/aromatic N) is 1. The Morgan fingerprint density at radius 2 is 1.96 bits per heavy atom. The maximum Gasteiger partial charge on any atom is 0.329 e. The van der Waals surface area contributed by atoms with Gasteiger partial charge in [0.1, 0.15) is 10.5 Å². The maximum atomic E-state index is 12.3. The number of hydrogen-bond donors (Lipinski definition) is 2. The number of aromatic nitrogens is 1. The Bertz CT molecular complexity index is 723. The van der Waals surface area contributed by atoms with Gasteiger partial charge >= 0.3 is 5.97 Å². The molecule has 1 amide bonds. The number of amides is 1. The number of carbonyl (C=O) groups is 2. The van der Waals surface area contributed by atoms with Gasteiger partial charge in [-0.25, -0.2) is 9.78 Å². The van der Waals surface area contributed by atoms with E-state index >= 15 is 0 Å². The predicted octanol–water partition coefficient (Wildman–Crippen LogP) is 2.10. The summed E-state index contributed by atoms with van der Waals surface area (Å²) in [5.41, 5.74) is 0.415. The molecule has 24 heavy (non-hydrogen) atoms. The van der Waals surface area contributed by atoms with Crippen molar-refractivity contribution in [2.45, 2.75) is 24.8 Å². The molecule has 0 unspecified atom stereocenters. The molecule has 1 aliphatic heterocycles. The van der Waals surface area contributed by atoms with Gasteiger partial charge in [-0.1, -0.05) is 30.3 Å². The number of benzene rings is 1. The molecule has 2 N–H and O–H groups in total. The van der Waals surface area contributed by atoms with Gasteiger partial charge in [0.05, 0.1) is 12.1 Å². The lowest BCUT2D eigenvalue weighted by Crippen LogP contribution is -2.57. The van der Waals surface area contributed by atoms with E-state index in [2.05, 4.69) is 10.3 Å². The monoisotopic (exact) mass is 346 g/mol. The first-order chi connectivity index (χ1) is 11.6. The summed E-state index contributed by atoms with van der Waals surface area (Å²) in [6, 6.07) is 9.73. The molecule has 126 valence electrons. The van der Waals surface area contributed by atoms with Gasteiger partial charge in [-0.2, -0.15) is 0 Å². The van der Waals surface area contributed by atoms with Crippen LogP contribution in [-0.2, 0) is 20.7 Å². The van der Waals surface area contributed by atoms with Crippen LogP contribution in [0.2, 0.25) is 0 Å². The molecule has 1 fully saturated rings. The van der Waals surface area contributed by atoms with Gasteiger partial charge < -0.3 is 15.2 Å². The van der Waals surface area contributed by atoms with E-state index in [0.29, 0.717) is 18.9 Å². The van der Waals surface area contributed by atoms with Gasteiger partial charge in [0, 0.05) is 37.0 Å². The zero-order valence-electron chi connectivity index (χ0n) is 13.0. The van der Waals surface area contributed by atoms with Crippen LogP contribution in [0.3, 0.4) is 0 Å². The minimum atomic E-state index is -1.23. The second-order valence-electron chi connectivity index (χ2n) is 5.73. The number of aliphatic carboxylic acids is 1. The lowest BCUT2D eigenvalue weighted by Gasteiger charge is -2.33.